The SMILES string of the molecule is Cc1cc(NC(=O)C(C)(C)C)sc1C(=O)OCC(=O)c1ccc(Cl)s1. The molecule has 0 atom stereocenters. The molecule has 0 aliphatic heterocycles. The highest BCUT2D eigenvalue weighted by Gasteiger charge is 2.23. The summed E-state index contributed by atoms with van der Waals surface area (Å²) in [4.78, 5) is 37.0. The van der Waals surface area contributed by atoms with Crippen molar-refractivity contribution >= 4 is 56.9 Å². The Morgan fingerprint density at radius 2 is 1.88 bits per heavy atom. The van der Waals surface area contributed by atoms with Gasteiger partial charge in [0.2, 0.25) is 11.7 Å². The third-order valence-electron chi connectivity index (χ3n) is 3.20. The molecule has 2 rings (SSSR count). The predicted molar refractivity (Wildman–Crippen MR) is 101 cm³/mol. The van der Waals surface area contributed by atoms with Crippen molar-refractivity contribution in [2.75, 3.05) is 11.9 Å². The number of aryl methyl sites for hydroxylation is 1. The van der Waals surface area contributed by atoms with E-state index in [1.807, 2.05) is 0 Å². The minimum atomic E-state index is -0.588. The second-order valence-corrected chi connectivity index (χ2v) is 9.20. The smallest absolute Gasteiger partial charge is 0.349 e. The summed E-state index contributed by atoms with van der Waals surface area (Å²) in [7, 11) is 0. The maximum atomic E-state index is 12.2. The first-order valence-corrected chi connectivity index (χ1v) is 9.46. The molecule has 8 heteroatoms. The molecule has 0 bridgehead atoms. The van der Waals surface area contributed by atoms with Gasteiger partial charge in [-0.3, -0.25) is 9.59 Å². The maximum Gasteiger partial charge on any atom is 0.349 e. The first-order valence-electron chi connectivity index (χ1n) is 7.45. The maximum absolute atomic E-state index is 12.2. The van der Waals surface area contributed by atoms with Gasteiger partial charge in [-0.15, -0.1) is 22.7 Å². The Kier molecular flexibility index (Phi) is 6.03. The van der Waals surface area contributed by atoms with Gasteiger partial charge in [0.05, 0.1) is 14.2 Å². The van der Waals surface area contributed by atoms with Crippen LogP contribution in [0.25, 0.3) is 0 Å². The molecule has 2 heterocycles. The number of rotatable bonds is 5. The van der Waals surface area contributed by atoms with Crippen LogP contribution in [-0.2, 0) is 9.53 Å². The summed E-state index contributed by atoms with van der Waals surface area (Å²) in [5, 5.41) is 3.35. The van der Waals surface area contributed by atoms with Gasteiger partial charge in [0.25, 0.3) is 0 Å². The molecule has 0 aromatic carbocycles. The third kappa shape index (κ3) is 5.14. The van der Waals surface area contributed by atoms with E-state index in [2.05, 4.69) is 5.32 Å². The molecule has 0 fully saturated rings. The Morgan fingerprint density at radius 3 is 2.44 bits per heavy atom. The summed E-state index contributed by atoms with van der Waals surface area (Å²) < 4.78 is 5.60. The number of ether oxygens (including phenoxy) is 1. The molecule has 1 amide bonds. The number of halogens is 1. The summed E-state index contributed by atoms with van der Waals surface area (Å²) in [5.74, 6) is -1.03. The van der Waals surface area contributed by atoms with E-state index in [0.29, 0.717) is 24.7 Å². The van der Waals surface area contributed by atoms with Gasteiger partial charge in [-0.05, 0) is 30.7 Å². The van der Waals surface area contributed by atoms with E-state index in [4.69, 9.17) is 16.3 Å². The van der Waals surface area contributed by atoms with Crippen molar-refractivity contribution in [2.24, 2.45) is 5.41 Å². The number of Topliss-reactive ketones (excluding diaryl/α,β-unsaturated/α-hetero) is 1. The quantitative estimate of drug-likeness (QED) is 0.579. The van der Waals surface area contributed by atoms with Gasteiger partial charge < -0.3 is 10.1 Å². The van der Waals surface area contributed by atoms with E-state index < -0.39 is 11.4 Å². The van der Waals surface area contributed by atoms with Crippen LogP contribution in [0, 0.1) is 12.3 Å². The zero-order valence-electron chi connectivity index (χ0n) is 14.3. The largest absolute Gasteiger partial charge is 0.453 e. The number of anilines is 1. The second-order valence-electron chi connectivity index (χ2n) is 6.43. The van der Waals surface area contributed by atoms with E-state index in [0.717, 1.165) is 22.7 Å². The van der Waals surface area contributed by atoms with Gasteiger partial charge in [0.1, 0.15) is 4.88 Å². The summed E-state index contributed by atoms with van der Waals surface area (Å²) in [6.45, 7) is 6.82. The van der Waals surface area contributed by atoms with E-state index >= 15 is 0 Å². The zero-order valence-corrected chi connectivity index (χ0v) is 16.7. The van der Waals surface area contributed by atoms with Crippen LogP contribution in [0.3, 0.4) is 0 Å². The van der Waals surface area contributed by atoms with Gasteiger partial charge >= 0.3 is 5.97 Å². The van der Waals surface area contributed by atoms with Crippen LogP contribution in [0.1, 0.15) is 45.7 Å². The lowest BCUT2D eigenvalue weighted by Gasteiger charge is -2.16. The highest BCUT2D eigenvalue weighted by Crippen LogP contribution is 2.29. The second kappa shape index (κ2) is 7.68. The molecule has 0 aliphatic carbocycles. The summed E-state index contributed by atoms with van der Waals surface area (Å²) in [6, 6.07) is 4.93. The third-order valence-corrected chi connectivity index (χ3v) is 5.61. The van der Waals surface area contributed by atoms with Gasteiger partial charge in [-0.25, -0.2) is 4.79 Å². The molecule has 2 aromatic heterocycles. The molecule has 0 unspecified atom stereocenters. The highest BCUT2D eigenvalue weighted by molar-refractivity contribution is 7.18. The summed E-state index contributed by atoms with van der Waals surface area (Å²) >= 11 is 8.05. The number of amides is 1. The number of thiophene rings is 2. The van der Waals surface area contributed by atoms with Crippen molar-refractivity contribution in [1.82, 2.24) is 0 Å². The van der Waals surface area contributed by atoms with Crippen LogP contribution in [0.2, 0.25) is 4.34 Å². The summed E-state index contributed by atoms with van der Waals surface area (Å²) in [5.41, 5.74) is 0.151. The van der Waals surface area contributed by atoms with Crippen LogP contribution in [0.15, 0.2) is 18.2 Å². The fourth-order valence-electron chi connectivity index (χ4n) is 1.78. The van der Waals surface area contributed by atoms with Crippen LogP contribution in [0.5, 0.6) is 0 Å². The number of hydrogen-bond donors (Lipinski definition) is 1. The van der Waals surface area contributed by atoms with Crippen LogP contribution in [0.4, 0.5) is 5.00 Å². The van der Waals surface area contributed by atoms with E-state index in [-0.39, 0.29) is 18.3 Å². The number of nitrogens with one attached hydrogen (secondary N) is 1. The van der Waals surface area contributed by atoms with Crippen LogP contribution in [-0.4, -0.2) is 24.3 Å². The number of hydrogen-bond acceptors (Lipinski definition) is 6. The highest BCUT2D eigenvalue weighted by atomic mass is 35.5. The van der Waals surface area contributed by atoms with Gasteiger partial charge in [-0.1, -0.05) is 32.4 Å². The molecular formula is C17H18ClNO4S2. The van der Waals surface area contributed by atoms with Crippen molar-refractivity contribution in [2.45, 2.75) is 27.7 Å². The minimum Gasteiger partial charge on any atom is -0.453 e. The Morgan fingerprint density at radius 1 is 1.20 bits per heavy atom. The predicted octanol–water partition coefficient (Wildman–Crippen LogP) is 4.80. The topological polar surface area (TPSA) is 72.5 Å². The molecule has 5 nitrogen and oxygen atoms in total. The fourth-order valence-corrected chi connectivity index (χ4v) is 3.71. The molecule has 2 aromatic rings. The monoisotopic (exact) mass is 399 g/mol. The molecule has 134 valence electrons. The van der Waals surface area contributed by atoms with Crippen LogP contribution < -0.4 is 5.32 Å². The number of esters is 1. The lowest BCUT2D eigenvalue weighted by molar-refractivity contribution is -0.123. The molecule has 0 spiro atoms. The van der Waals surface area contributed by atoms with E-state index in [1.54, 1.807) is 45.9 Å². The first kappa shape index (κ1) is 19.6. The number of carbonyl (C=O) groups excluding carboxylic acids is 3. The Labute approximate surface area is 159 Å². The average Bonchev–Trinajstić information content (AvgIpc) is 3.09. The van der Waals surface area contributed by atoms with Gasteiger partial charge in [-0.2, -0.15) is 0 Å². The Bertz CT molecular complexity index is 817. The van der Waals surface area contributed by atoms with Crippen molar-refractivity contribution in [1.29, 1.82) is 0 Å². The van der Waals surface area contributed by atoms with E-state index in [1.165, 1.54) is 0 Å². The normalized spacial score (nSPS) is 11.2. The van der Waals surface area contributed by atoms with E-state index in [9.17, 15) is 14.4 Å². The van der Waals surface area contributed by atoms with Crippen molar-refractivity contribution in [3.8, 4) is 0 Å². The van der Waals surface area contributed by atoms with Gasteiger partial charge in [0.15, 0.2) is 6.61 Å². The molecule has 0 aliphatic rings. The lowest BCUT2D eigenvalue weighted by Crippen LogP contribution is -2.27. The molecule has 0 saturated heterocycles. The standard InChI is InChI=1S/C17H18ClNO4S2/c1-9-7-13(19-16(22)17(2,3)4)25-14(9)15(21)23-8-10(20)11-5-6-12(18)24-11/h5-7H,8H2,1-4H3,(H,19,22). The van der Waals surface area contributed by atoms with Gasteiger partial charge in [0, 0.05) is 5.41 Å². The molecule has 0 radical (unpaired) electrons. The molecular weight excluding hydrogens is 382 g/mol. The minimum absolute atomic E-state index is 0.140. The van der Waals surface area contributed by atoms with Crippen molar-refractivity contribution in [3.63, 3.8) is 0 Å². The van der Waals surface area contributed by atoms with Crippen LogP contribution >= 0.6 is 34.3 Å². The number of carbonyl (C=O) groups is 3. The van der Waals surface area contributed by atoms with Crippen molar-refractivity contribution < 1.29 is 19.1 Å². The Balaban J connectivity index is 2.00. The first-order chi connectivity index (χ1) is 11.6. The molecule has 0 saturated carbocycles. The van der Waals surface area contributed by atoms with Crippen molar-refractivity contribution in [3.05, 3.63) is 37.9 Å². The zero-order chi connectivity index (χ0) is 18.8. The lowest BCUT2D eigenvalue weighted by atomic mass is 9.96. The molecule has 25 heavy (non-hydrogen) atoms. The average molecular weight is 400 g/mol. The fraction of sp³-hybridized carbons (Fsp3) is 0.353. The summed E-state index contributed by atoms with van der Waals surface area (Å²) in [6.07, 6.45) is 0. The number of ketones is 1. The molecule has 1 N–H and O–H groups in total. The Hall–Kier alpha value is -1.70.